The number of carboxylic acid groups (broad SMARTS) is 1. The summed E-state index contributed by atoms with van der Waals surface area (Å²) >= 11 is 0. The van der Waals surface area contributed by atoms with Gasteiger partial charge in [0.2, 0.25) is 0 Å². The van der Waals surface area contributed by atoms with E-state index in [2.05, 4.69) is 0 Å². The van der Waals surface area contributed by atoms with Crippen LogP contribution in [0.2, 0.25) is 0 Å². The highest BCUT2D eigenvalue weighted by Gasteiger charge is 2.32. The number of carboxylic acids is 1. The summed E-state index contributed by atoms with van der Waals surface area (Å²) in [7, 11) is 3.94. The molecule has 4 N–H and O–H groups in total. The zero-order valence-corrected chi connectivity index (χ0v) is 11.8. The Morgan fingerprint density at radius 1 is 1.50 bits per heavy atom. The Balaban J connectivity index is 2.33. The third-order valence-corrected chi connectivity index (χ3v) is 3.56. The van der Waals surface area contributed by atoms with Gasteiger partial charge in [-0.15, -0.1) is 0 Å². The molecule has 0 saturated carbocycles. The third kappa shape index (κ3) is 3.02. The average molecular weight is 279 g/mol. The lowest BCUT2D eigenvalue weighted by molar-refractivity contribution is 0.0697. The van der Waals surface area contributed by atoms with Gasteiger partial charge in [0.1, 0.15) is 0 Å². The largest absolute Gasteiger partial charge is 0.478 e. The Kier molecular flexibility index (Phi) is 4.15. The van der Waals surface area contributed by atoms with Crippen LogP contribution in [0.1, 0.15) is 16.8 Å². The number of nitrogens with zero attached hydrogens (tertiary/aromatic N) is 2. The van der Waals surface area contributed by atoms with Crippen LogP contribution >= 0.6 is 0 Å². The lowest BCUT2D eigenvalue weighted by Crippen LogP contribution is -2.38. The minimum atomic E-state index is -0.977. The quantitative estimate of drug-likeness (QED) is 0.694. The summed E-state index contributed by atoms with van der Waals surface area (Å²) in [6, 6.07) is 4.81. The van der Waals surface area contributed by atoms with Gasteiger partial charge in [0, 0.05) is 19.1 Å². The zero-order valence-electron chi connectivity index (χ0n) is 11.8. The number of β-amino-alcohol motifs (C(OH)–C–C–N with tert-alkyl or cyclic N) is 1. The molecule has 2 unspecified atom stereocenters. The van der Waals surface area contributed by atoms with Gasteiger partial charge in [0.05, 0.1) is 23.0 Å². The number of nitrogens with two attached hydrogens (primary N) is 1. The van der Waals surface area contributed by atoms with E-state index < -0.39 is 12.1 Å². The summed E-state index contributed by atoms with van der Waals surface area (Å²) < 4.78 is 0. The normalized spacial score (nSPS) is 22.5. The van der Waals surface area contributed by atoms with E-state index in [4.69, 9.17) is 10.8 Å². The third-order valence-electron chi connectivity index (χ3n) is 3.56. The van der Waals surface area contributed by atoms with Crippen molar-refractivity contribution in [3.8, 4) is 0 Å². The van der Waals surface area contributed by atoms with Crippen molar-refractivity contribution in [2.75, 3.05) is 37.8 Å². The maximum atomic E-state index is 11.1. The number of benzene rings is 1. The van der Waals surface area contributed by atoms with Gasteiger partial charge < -0.3 is 25.7 Å². The van der Waals surface area contributed by atoms with Crippen molar-refractivity contribution in [3.05, 3.63) is 23.8 Å². The molecule has 2 atom stereocenters. The summed E-state index contributed by atoms with van der Waals surface area (Å²) in [5.74, 6) is -0.977. The molecule has 0 aliphatic carbocycles. The number of aliphatic hydroxyl groups is 1. The SMILES string of the molecule is CN(C)CC1CC(O)CN1c1cc(C(=O)O)ccc1N. The number of hydrogen-bond donors (Lipinski definition) is 3. The topological polar surface area (TPSA) is 90.0 Å². The fraction of sp³-hybridized carbons (Fsp3) is 0.500. The Bertz CT molecular complexity index is 504. The van der Waals surface area contributed by atoms with Crippen molar-refractivity contribution in [1.82, 2.24) is 4.90 Å². The summed E-state index contributed by atoms with van der Waals surface area (Å²) in [6.45, 7) is 1.26. The number of hydrogen-bond acceptors (Lipinski definition) is 5. The van der Waals surface area contributed by atoms with E-state index in [9.17, 15) is 9.90 Å². The second kappa shape index (κ2) is 5.68. The Hall–Kier alpha value is -1.79. The molecule has 6 nitrogen and oxygen atoms in total. The van der Waals surface area contributed by atoms with Crippen LogP contribution in [0.4, 0.5) is 11.4 Å². The second-order valence-electron chi connectivity index (χ2n) is 5.54. The van der Waals surface area contributed by atoms with E-state index in [1.807, 2.05) is 23.9 Å². The molecule has 1 aliphatic heterocycles. The molecule has 0 radical (unpaired) electrons. The van der Waals surface area contributed by atoms with Gasteiger partial charge in [-0.05, 0) is 38.7 Å². The van der Waals surface area contributed by atoms with E-state index in [-0.39, 0.29) is 11.6 Å². The number of likely N-dealkylation sites (N-methyl/N-ethyl adjacent to an activating group) is 1. The number of aromatic carboxylic acids is 1. The monoisotopic (exact) mass is 279 g/mol. The molecule has 1 aromatic rings. The molecule has 1 fully saturated rings. The van der Waals surface area contributed by atoms with Crippen molar-refractivity contribution < 1.29 is 15.0 Å². The summed E-state index contributed by atoms with van der Waals surface area (Å²) in [5.41, 5.74) is 7.41. The molecule has 1 aromatic carbocycles. The molecular formula is C14H21N3O3. The highest BCUT2D eigenvalue weighted by atomic mass is 16.4. The lowest BCUT2D eigenvalue weighted by Gasteiger charge is -2.29. The molecule has 1 aliphatic rings. The molecular weight excluding hydrogens is 258 g/mol. The molecule has 0 amide bonds. The maximum Gasteiger partial charge on any atom is 0.335 e. The first kappa shape index (κ1) is 14.6. The second-order valence-corrected chi connectivity index (χ2v) is 5.54. The van der Waals surface area contributed by atoms with Crippen molar-refractivity contribution in [2.45, 2.75) is 18.6 Å². The number of nitrogen functional groups attached to an aromatic ring is 1. The maximum absolute atomic E-state index is 11.1. The molecule has 1 saturated heterocycles. The van der Waals surface area contributed by atoms with Gasteiger partial charge >= 0.3 is 5.97 Å². The van der Waals surface area contributed by atoms with Crippen molar-refractivity contribution in [2.24, 2.45) is 0 Å². The number of anilines is 2. The molecule has 110 valence electrons. The van der Waals surface area contributed by atoms with Gasteiger partial charge in [-0.1, -0.05) is 0 Å². The summed E-state index contributed by atoms with van der Waals surface area (Å²) in [6.07, 6.45) is 0.252. The average Bonchev–Trinajstić information content (AvgIpc) is 2.69. The van der Waals surface area contributed by atoms with Crippen molar-refractivity contribution in [3.63, 3.8) is 0 Å². The van der Waals surface area contributed by atoms with E-state index in [0.717, 1.165) is 6.54 Å². The number of rotatable bonds is 4. The first-order valence-corrected chi connectivity index (χ1v) is 6.60. The minimum absolute atomic E-state index is 0.131. The predicted molar refractivity (Wildman–Crippen MR) is 78.1 cm³/mol. The Morgan fingerprint density at radius 2 is 2.20 bits per heavy atom. The van der Waals surface area contributed by atoms with E-state index in [1.165, 1.54) is 6.07 Å². The van der Waals surface area contributed by atoms with Gasteiger partial charge in [-0.25, -0.2) is 4.79 Å². The standard InChI is InChI=1S/C14H21N3O3/c1-16(2)7-10-6-11(18)8-17(10)13-5-9(14(19)20)3-4-12(13)15/h3-5,10-11,18H,6-8,15H2,1-2H3,(H,19,20). The fourth-order valence-electron chi connectivity index (χ4n) is 2.71. The van der Waals surface area contributed by atoms with E-state index in [0.29, 0.717) is 24.3 Å². The Morgan fingerprint density at radius 3 is 2.80 bits per heavy atom. The summed E-state index contributed by atoms with van der Waals surface area (Å²) in [5, 5.41) is 19.0. The molecule has 1 heterocycles. The van der Waals surface area contributed by atoms with Gasteiger partial charge in [-0.3, -0.25) is 0 Å². The van der Waals surface area contributed by atoms with Crippen molar-refractivity contribution >= 4 is 17.3 Å². The highest BCUT2D eigenvalue weighted by Crippen LogP contribution is 2.31. The van der Waals surface area contributed by atoms with E-state index >= 15 is 0 Å². The van der Waals surface area contributed by atoms with Crippen LogP contribution in [0.15, 0.2) is 18.2 Å². The molecule has 6 heteroatoms. The molecule has 0 spiro atoms. The van der Waals surface area contributed by atoms with Crippen molar-refractivity contribution in [1.29, 1.82) is 0 Å². The van der Waals surface area contributed by atoms with Crippen LogP contribution in [-0.4, -0.2) is 60.4 Å². The van der Waals surface area contributed by atoms with Gasteiger partial charge in [0.25, 0.3) is 0 Å². The minimum Gasteiger partial charge on any atom is -0.478 e. The molecule has 0 aromatic heterocycles. The molecule has 0 bridgehead atoms. The number of aliphatic hydroxyl groups excluding tert-OH is 1. The van der Waals surface area contributed by atoms with Gasteiger partial charge in [-0.2, -0.15) is 0 Å². The van der Waals surface area contributed by atoms with Gasteiger partial charge in [0.15, 0.2) is 0 Å². The number of carbonyl (C=O) groups is 1. The zero-order chi connectivity index (χ0) is 14.9. The smallest absolute Gasteiger partial charge is 0.335 e. The highest BCUT2D eigenvalue weighted by molar-refractivity contribution is 5.90. The van der Waals surface area contributed by atoms with Crippen LogP contribution in [0.25, 0.3) is 0 Å². The van der Waals surface area contributed by atoms with Crippen LogP contribution in [-0.2, 0) is 0 Å². The Labute approximate surface area is 118 Å². The van der Waals surface area contributed by atoms with Crippen LogP contribution in [0, 0.1) is 0 Å². The van der Waals surface area contributed by atoms with E-state index in [1.54, 1.807) is 12.1 Å². The van der Waals surface area contributed by atoms with Crippen LogP contribution < -0.4 is 10.6 Å². The molecule has 2 rings (SSSR count). The van der Waals surface area contributed by atoms with Crippen LogP contribution in [0.5, 0.6) is 0 Å². The van der Waals surface area contributed by atoms with Crippen LogP contribution in [0.3, 0.4) is 0 Å². The fourth-order valence-corrected chi connectivity index (χ4v) is 2.71. The first-order valence-electron chi connectivity index (χ1n) is 6.60. The molecule has 20 heavy (non-hydrogen) atoms. The summed E-state index contributed by atoms with van der Waals surface area (Å²) in [4.78, 5) is 15.1. The first-order chi connectivity index (χ1) is 9.38. The lowest BCUT2D eigenvalue weighted by atomic mass is 10.1. The predicted octanol–water partition coefficient (Wildman–Crippen LogP) is 0.468.